The molecular weight excluding hydrogens is 284 g/mol. The van der Waals surface area contributed by atoms with Gasteiger partial charge in [-0.3, -0.25) is 0 Å². The lowest BCUT2D eigenvalue weighted by Gasteiger charge is -2.16. The van der Waals surface area contributed by atoms with Gasteiger partial charge in [0.15, 0.2) is 0 Å². The minimum atomic E-state index is 0.506. The van der Waals surface area contributed by atoms with Gasteiger partial charge in [0.2, 0.25) is 0 Å². The van der Waals surface area contributed by atoms with Gasteiger partial charge >= 0.3 is 0 Å². The van der Waals surface area contributed by atoms with E-state index in [9.17, 15) is 0 Å². The Labute approximate surface area is 129 Å². The number of nitrogens with two attached hydrogens (primary N) is 1. The number of nitrogens with one attached hydrogen (secondary N) is 1. The van der Waals surface area contributed by atoms with Gasteiger partial charge in [-0.1, -0.05) is 18.3 Å². The van der Waals surface area contributed by atoms with Crippen molar-refractivity contribution in [1.29, 1.82) is 0 Å². The van der Waals surface area contributed by atoms with Crippen molar-refractivity contribution in [2.75, 3.05) is 11.6 Å². The van der Waals surface area contributed by atoms with Gasteiger partial charge in [-0.2, -0.15) is 0 Å². The lowest BCUT2D eigenvalue weighted by Crippen LogP contribution is -2.18. The lowest BCUT2D eigenvalue weighted by atomic mass is 10.0. The molecule has 3 saturated carbocycles. The summed E-state index contributed by atoms with van der Waals surface area (Å²) in [5, 5.41) is 3.76. The van der Waals surface area contributed by atoms with Crippen LogP contribution in [-0.4, -0.2) is 17.3 Å². The third kappa shape index (κ3) is 1.81. The van der Waals surface area contributed by atoms with E-state index in [0.29, 0.717) is 11.0 Å². The molecule has 0 aliphatic heterocycles. The van der Waals surface area contributed by atoms with E-state index in [2.05, 4.69) is 29.8 Å². The number of fused-ring (bicyclic) bond motifs is 5. The molecule has 3 fully saturated rings. The standard InChI is InChI=1S/C16H20N2S2/c1-20-11-4-2-3-10(14(11)16(17)19)18-15-12-8-5-6-9(7-8)13(12)15/h2-4,8-9,12-13,15,18H,5-7H2,1H3,(H2,17,19). The predicted molar refractivity (Wildman–Crippen MR) is 89.3 cm³/mol. The molecule has 2 bridgehead atoms. The van der Waals surface area contributed by atoms with Crippen molar-refractivity contribution < 1.29 is 0 Å². The molecule has 4 atom stereocenters. The lowest BCUT2D eigenvalue weighted by molar-refractivity contribution is 0.456. The smallest absolute Gasteiger partial charge is 0.107 e. The second-order valence-corrected chi connectivity index (χ2v) is 7.69. The van der Waals surface area contributed by atoms with Gasteiger partial charge in [0.1, 0.15) is 4.99 Å². The van der Waals surface area contributed by atoms with Crippen molar-refractivity contribution in [3.8, 4) is 0 Å². The van der Waals surface area contributed by atoms with Gasteiger partial charge in [-0.05, 0) is 61.3 Å². The van der Waals surface area contributed by atoms with Crippen molar-refractivity contribution in [2.45, 2.75) is 30.2 Å². The summed E-state index contributed by atoms with van der Waals surface area (Å²) in [4.78, 5) is 1.68. The van der Waals surface area contributed by atoms with Crippen molar-refractivity contribution in [2.24, 2.45) is 29.4 Å². The van der Waals surface area contributed by atoms with Gasteiger partial charge in [0.25, 0.3) is 0 Å². The van der Waals surface area contributed by atoms with Crippen LogP contribution in [0.5, 0.6) is 0 Å². The minimum Gasteiger partial charge on any atom is -0.389 e. The van der Waals surface area contributed by atoms with Crippen LogP contribution in [0.1, 0.15) is 24.8 Å². The number of benzene rings is 1. The van der Waals surface area contributed by atoms with Crippen molar-refractivity contribution in [1.82, 2.24) is 0 Å². The van der Waals surface area contributed by atoms with Crippen molar-refractivity contribution >= 4 is 34.7 Å². The van der Waals surface area contributed by atoms with Crippen LogP contribution in [0, 0.1) is 23.7 Å². The molecule has 0 saturated heterocycles. The van der Waals surface area contributed by atoms with Crippen LogP contribution in [0.25, 0.3) is 0 Å². The first-order chi connectivity index (χ1) is 9.70. The molecule has 106 valence electrons. The third-order valence-electron chi connectivity index (χ3n) is 5.55. The fourth-order valence-corrected chi connectivity index (χ4v) is 5.70. The zero-order valence-corrected chi connectivity index (χ0v) is 13.3. The van der Waals surface area contributed by atoms with E-state index in [1.807, 2.05) is 0 Å². The first-order valence-electron chi connectivity index (χ1n) is 7.44. The van der Waals surface area contributed by atoms with E-state index < -0.39 is 0 Å². The quantitative estimate of drug-likeness (QED) is 0.659. The Bertz CT molecular complexity index is 556. The van der Waals surface area contributed by atoms with Crippen LogP contribution >= 0.6 is 24.0 Å². The Morgan fingerprint density at radius 1 is 1.30 bits per heavy atom. The predicted octanol–water partition coefficient (Wildman–Crippen LogP) is 3.50. The Morgan fingerprint density at radius 3 is 2.60 bits per heavy atom. The molecule has 20 heavy (non-hydrogen) atoms. The number of hydrogen-bond acceptors (Lipinski definition) is 3. The van der Waals surface area contributed by atoms with Crippen molar-refractivity contribution in [3.05, 3.63) is 23.8 Å². The van der Waals surface area contributed by atoms with E-state index in [1.54, 1.807) is 11.8 Å². The third-order valence-corrected chi connectivity index (χ3v) is 6.53. The molecule has 0 radical (unpaired) electrons. The summed E-state index contributed by atoms with van der Waals surface area (Å²) in [6, 6.07) is 7.00. The van der Waals surface area contributed by atoms with Crippen LogP contribution < -0.4 is 11.1 Å². The molecule has 3 aliphatic carbocycles. The largest absolute Gasteiger partial charge is 0.389 e. The summed E-state index contributed by atoms with van der Waals surface area (Å²) in [6.45, 7) is 0. The molecule has 3 N–H and O–H groups in total. The second-order valence-electron chi connectivity index (χ2n) is 6.41. The summed E-state index contributed by atoms with van der Waals surface area (Å²) >= 11 is 6.97. The molecule has 0 spiro atoms. The zero-order valence-electron chi connectivity index (χ0n) is 11.6. The van der Waals surface area contributed by atoms with E-state index in [-0.39, 0.29) is 0 Å². The molecule has 1 aromatic rings. The molecule has 4 heteroatoms. The van der Waals surface area contributed by atoms with Gasteiger partial charge < -0.3 is 11.1 Å². The molecule has 1 aromatic carbocycles. The van der Waals surface area contributed by atoms with Gasteiger partial charge in [-0.25, -0.2) is 0 Å². The number of thiocarbonyl (C=S) groups is 1. The average Bonchev–Trinajstić information content (AvgIpc) is 2.84. The first kappa shape index (κ1) is 13.0. The van der Waals surface area contributed by atoms with Crippen LogP contribution in [0.2, 0.25) is 0 Å². The van der Waals surface area contributed by atoms with Crippen LogP contribution in [-0.2, 0) is 0 Å². The van der Waals surface area contributed by atoms with Gasteiger partial charge in [0.05, 0.1) is 0 Å². The number of thioether (sulfide) groups is 1. The number of anilines is 1. The maximum Gasteiger partial charge on any atom is 0.107 e. The highest BCUT2D eigenvalue weighted by Gasteiger charge is 2.65. The van der Waals surface area contributed by atoms with Crippen LogP contribution in [0.15, 0.2) is 23.1 Å². The van der Waals surface area contributed by atoms with E-state index in [4.69, 9.17) is 18.0 Å². The summed E-state index contributed by atoms with van der Waals surface area (Å²) in [5.41, 5.74) is 8.12. The van der Waals surface area contributed by atoms with E-state index in [0.717, 1.165) is 34.9 Å². The van der Waals surface area contributed by atoms with Crippen molar-refractivity contribution in [3.63, 3.8) is 0 Å². The highest BCUT2D eigenvalue weighted by Crippen LogP contribution is 2.66. The summed E-state index contributed by atoms with van der Waals surface area (Å²) < 4.78 is 0. The summed E-state index contributed by atoms with van der Waals surface area (Å²) in [5.74, 6) is 3.82. The maximum atomic E-state index is 5.95. The molecular formula is C16H20N2S2. The highest BCUT2D eigenvalue weighted by molar-refractivity contribution is 7.98. The first-order valence-corrected chi connectivity index (χ1v) is 9.07. The Kier molecular flexibility index (Phi) is 3.00. The van der Waals surface area contributed by atoms with Crippen LogP contribution in [0.3, 0.4) is 0 Å². The molecule has 0 aromatic heterocycles. The molecule has 0 amide bonds. The number of rotatable bonds is 4. The Hall–Kier alpha value is -0.740. The SMILES string of the molecule is CSc1cccc(NC2C3C4CCC(C4)C23)c1C(N)=S. The molecule has 4 rings (SSSR count). The Morgan fingerprint density at radius 2 is 2.00 bits per heavy atom. The van der Waals surface area contributed by atoms with E-state index >= 15 is 0 Å². The van der Waals surface area contributed by atoms with E-state index in [1.165, 1.54) is 24.2 Å². The Balaban J connectivity index is 1.60. The maximum absolute atomic E-state index is 5.95. The minimum absolute atomic E-state index is 0.506. The summed E-state index contributed by atoms with van der Waals surface area (Å²) in [6.07, 6.45) is 6.47. The second kappa shape index (κ2) is 4.63. The fourth-order valence-electron chi connectivity index (χ4n) is 4.77. The molecule has 2 nitrogen and oxygen atoms in total. The molecule has 3 aliphatic rings. The van der Waals surface area contributed by atoms with Gasteiger partial charge in [0, 0.05) is 22.2 Å². The number of hydrogen-bond donors (Lipinski definition) is 2. The average molecular weight is 304 g/mol. The fraction of sp³-hybridized carbons (Fsp3) is 0.562. The van der Waals surface area contributed by atoms with Crippen LogP contribution in [0.4, 0.5) is 5.69 Å². The molecule has 4 unspecified atom stereocenters. The monoisotopic (exact) mass is 304 g/mol. The zero-order chi connectivity index (χ0) is 13.9. The topological polar surface area (TPSA) is 38.0 Å². The van der Waals surface area contributed by atoms with Gasteiger partial charge in [-0.15, -0.1) is 11.8 Å². The normalized spacial score (nSPS) is 36.8. The highest BCUT2D eigenvalue weighted by atomic mass is 32.2. The molecule has 0 heterocycles. The summed E-state index contributed by atoms with van der Waals surface area (Å²) in [7, 11) is 0.